The Balaban J connectivity index is 2.15. The first kappa shape index (κ1) is 66.9. The van der Waals surface area contributed by atoms with Crippen LogP contribution in [0.15, 0.2) is 12.2 Å². The maximum Gasteiger partial charge on any atom is 0.249 e. The summed E-state index contributed by atoms with van der Waals surface area (Å²) >= 11 is 0. The largest absolute Gasteiger partial charge is 0.394 e. The van der Waals surface area contributed by atoms with Gasteiger partial charge in [0.2, 0.25) is 5.91 Å². The first-order chi connectivity index (χ1) is 34.2. The van der Waals surface area contributed by atoms with Crippen molar-refractivity contribution in [2.75, 3.05) is 13.2 Å². The molecule has 70 heavy (non-hydrogen) atoms. The van der Waals surface area contributed by atoms with E-state index >= 15 is 0 Å². The van der Waals surface area contributed by atoms with Crippen molar-refractivity contribution in [3.63, 3.8) is 0 Å². The molecule has 0 aromatic carbocycles. The molecular formula is C59H115NO10. The SMILES string of the molecule is CCCCCCCC/C=C/CCCC(O)C(O)C(COC1OC(CO)C(O)C(O)C1O)NC(=O)C(O)CCCCCCCCCCCCCCCCCCCCCCCCCCCCCCCCCC. The van der Waals surface area contributed by atoms with Gasteiger partial charge in [-0.05, 0) is 38.5 Å². The number of allylic oxidation sites excluding steroid dienone is 2. The van der Waals surface area contributed by atoms with E-state index in [-0.39, 0.29) is 12.8 Å². The van der Waals surface area contributed by atoms with Gasteiger partial charge in [0.1, 0.15) is 36.6 Å². The molecule has 0 bridgehead atoms. The van der Waals surface area contributed by atoms with Crippen LogP contribution in [-0.2, 0) is 14.3 Å². The van der Waals surface area contributed by atoms with E-state index in [4.69, 9.17) is 9.47 Å². The number of carbonyl (C=O) groups is 1. The quantitative estimate of drug-likeness (QED) is 0.0215. The monoisotopic (exact) mass is 998 g/mol. The Bertz CT molecular complexity index is 1140. The number of rotatable bonds is 52. The molecule has 9 unspecified atom stereocenters. The van der Waals surface area contributed by atoms with Crippen LogP contribution in [0.5, 0.6) is 0 Å². The minimum atomic E-state index is -1.66. The van der Waals surface area contributed by atoms with Gasteiger partial charge in [-0.25, -0.2) is 0 Å². The summed E-state index contributed by atoms with van der Waals surface area (Å²) in [5, 5.41) is 75.9. The van der Waals surface area contributed by atoms with Crippen LogP contribution in [0.4, 0.5) is 0 Å². The minimum Gasteiger partial charge on any atom is -0.394 e. The summed E-state index contributed by atoms with van der Waals surface area (Å²) in [4.78, 5) is 13.1. The normalized spacial score (nSPS) is 20.3. The van der Waals surface area contributed by atoms with Crippen molar-refractivity contribution in [3.8, 4) is 0 Å². The van der Waals surface area contributed by atoms with Gasteiger partial charge in [0, 0.05) is 0 Å². The van der Waals surface area contributed by atoms with E-state index in [1.54, 1.807) is 0 Å². The summed E-state index contributed by atoms with van der Waals surface area (Å²) in [5.41, 5.74) is 0. The predicted octanol–water partition coefficient (Wildman–Crippen LogP) is 12.7. The molecule has 0 saturated carbocycles. The average molecular weight is 999 g/mol. The number of amides is 1. The summed E-state index contributed by atoms with van der Waals surface area (Å²) in [7, 11) is 0. The standard InChI is InChI=1S/C59H115NO10/c1-3-5-7-9-11-13-15-16-17-18-19-20-21-22-23-24-25-26-27-28-29-30-31-32-33-34-35-37-39-41-43-45-47-52(63)58(68)60-50(49-69-59-57(67)56(66)55(65)53(48-61)70-59)54(64)51(62)46-44-42-40-38-36-14-12-10-8-6-4-2/h38,40,50-57,59,61-67H,3-37,39,41-49H2,1-2H3,(H,60,68)/b40-38+. The number of hydrogen-bond acceptors (Lipinski definition) is 10. The van der Waals surface area contributed by atoms with E-state index in [0.29, 0.717) is 12.8 Å². The maximum atomic E-state index is 13.1. The maximum absolute atomic E-state index is 13.1. The summed E-state index contributed by atoms with van der Waals surface area (Å²) in [6.45, 7) is 3.44. The second-order valence-electron chi connectivity index (χ2n) is 21.4. The molecule has 8 N–H and O–H groups in total. The molecule has 9 atom stereocenters. The highest BCUT2D eigenvalue weighted by atomic mass is 16.7. The van der Waals surface area contributed by atoms with Crippen LogP contribution in [0, 0.1) is 0 Å². The molecule has 11 heteroatoms. The van der Waals surface area contributed by atoms with Gasteiger partial charge in [-0.15, -0.1) is 0 Å². The van der Waals surface area contributed by atoms with Gasteiger partial charge in [-0.2, -0.15) is 0 Å². The summed E-state index contributed by atoms with van der Waals surface area (Å²) in [6, 6.07) is -1.18. The number of nitrogens with one attached hydrogen (secondary N) is 1. The second kappa shape index (κ2) is 48.8. The van der Waals surface area contributed by atoms with E-state index in [1.165, 1.54) is 212 Å². The van der Waals surface area contributed by atoms with Gasteiger partial charge in [-0.1, -0.05) is 264 Å². The molecule has 416 valence electrons. The Hall–Kier alpha value is -1.15. The lowest BCUT2D eigenvalue weighted by Crippen LogP contribution is -2.60. The molecule has 1 aliphatic heterocycles. The van der Waals surface area contributed by atoms with Crippen molar-refractivity contribution in [2.24, 2.45) is 0 Å². The molecule has 11 nitrogen and oxygen atoms in total. The second-order valence-corrected chi connectivity index (χ2v) is 21.4. The van der Waals surface area contributed by atoms with Crippen molar-refractivity contribution < 1.29 is 50.0 Å². The van der Waals surface area contributed by atoms with E-state index in [2.05, 4.69) is 31.3 Å². The lowest BCUT2D eigenvalue weighted by molar-refractivity contribution is -0.303. The lowest BCUT2D eigenvalue weighted by Gasteiger charge is -2.40. The zero-order valence-corrected chi connectivity index (χ0v) is 45.5. The highest BCUT2D eigenvalue weighted by Crippen LogP contribution is 2.23. The van der Waals surface area contributed by atoms with Crippen LogP contribution in [0.25, 0.3) is 0 Å². The van der Waals surface area contributed by atoms with Crippen LogP contribution in [0.2, 0.25) is 0 Å². The molecule has 1 saturated heterocycles. The lowest BCUT2D eigenvalue weighted by atomic mass is 9.98. The van der Waals surface area contributed by atoms with Crippen molar-refractivity contribution in [1.29, 1.82) is 0 Å². The summed E-state index contributed by atoms with van der Waals surface area (Å²) in [5.74, 6) is -0.702. The van der Waals surface area contributed by atoms with Crippen molar-refractivity contribution in [2.45, 2.75) is 345 Å². The van der Waals surface area contributed by atoms with Crippen LogP contribution < -0.4 is 5.32 Å². The fourth-order valence-electron chi connectivity index (χ4n) is 9.92. The molecule has 1 aliphatic rings. The first-order valence-electron chi connectivity index (χ1n) is 30.1. The molecule has 0 radical (unpaired) electrons. The molecule has 0 aromatic heterocycles. The minimum absolute atomic E-state index is 0.259. The molecular weight excluding hydrogens is 883 g/mol. The number of aliphatic hydroxyl groups is 7. The Morgan fingerprint density at radius 3 is 1.23 bits per heavy atom. The third-order valence-electron chi connectivity index (χ3n) is 14.8. The van der Waals surface area contributed by atoms with Crippen molar-refractivity contribution in [3.05, 3.63) is 12.2 Å². The zero-order chi connectivity index (χ0) is 51.1. The first-order valence-corrected chi connectivity index (χ1v) is 30.1. The van der Waals surface area contributed by atoms with Gasteiger partial charge in [0.25, 0.3) is 0 Å². The molecule has 1 rings (SSSR count). The number of carbonyl (C=O) groups excluding carboxylic acids is 1. The van der Waals surface area contributed by atoms with E-state index in [9.17, 15) is 40.5 Å². The Kier molecular flexibility index (Phi) is 46.6. The van der Waals surface area contributed by atoms with Crippen LogP contribution in [0.3, 0.4) is 0 Å². The molecule has 0 aromatic rings. The van der Waals surface area contributed by atoms with E-state index in [1.807, 2.05) is 0 Å². The van der Waals surface area contributed by atoms with E-state index in [0.717, 1.165) is 38.5 Å². The Morgan fingerprint density at radius 1 is 0.486 bits per heavy atom. The molecule has 0 aliphatic carbocycles. The van der Waals surface area contributed by atoms with Gasteiger partial charge in [0.05, 0.1) is 25.4 Å². The van der Waals surface area contributed by atoms with E-state index < -0.39 is 74.2 Å². The number of hydrogen-bond donors (Lipinski definition) is 8. The fraction of sp³-hybridized carbons (Fsp3) is 0.949. The number of ether oxygens (including phenoxy) is 2. The topological polar surface area (TPSA) is 189 Å². The highest BCUT2D eigenvalue weighted by molar-refractivity contribution is 5.80. The molecule has 1 fully saturated rings. The Labute approximate surface area is 430 Å². The van der Waals surface area contributed by atoms with Crippen LogP contribution in [-0.4, -0.2) is 110 Å². The highest BCUT2D eigenvalue weighted by Gasteiger charge is 2.44. The third-order valence-corrected chi connectivity index (χ3v) is 14.8. The van der Waals surface area contributed by atoms with Crippen molar-refractivity contribution >= 4 is 5.91 Å². The third kappa shape index (κ3) is 36.7. The fourth-order valence-corrected chi connectivity index (χ4v) is 9.92. The smallest absolute Gasteiger partial charge is 0.249 e. The average Bonchev–Trinajstić information content (AvgIpc) is 3.36. The van der Waals surface area contributed by atoms with Crippen molar-refractivity contribution in [1.82, 2.24) is 5.32 Å². The zero-order valence-electron chi connectivity index (χ0n) is 45.5. The molecule has 0 spiro atoms. The van der Waals surface area contributed by atoms with Gasteiger partial charge < -0.3 is 50.5 Å². The summed E-state index contributed by atoms with van der Waals surface area (Å²) in [6.07, 6.45) is 46.0. The van der Waals surface area contributed by atoms with Gasteiger partial charge in [-0.3, -0.25) is 4.79 Å². The molecule has 1 amide bonds. The Morgan fingerprint density at radius 2 is 0.843 bits per heavy atom. The van der Waals surface area contributed by atoms with Crippen LogP contribution in [0.1, 0.15) is 290 Å². The van der Waals surface area contributed by atoms with Gasteiger partial charge in [0.15, 0.2) is 6.29 Å². The van der Waals surface area contributed by atoms with Gasteiger partial charge >= 0.3 is 0 Å². The van der Waals surface area contributed by atoms with Crippen LogP contribution >= 0.6 is 0 Å². The molecule has 1 heterocycles. The number of aliphatic hydroxyl groups excluding tert-OH is 7. The predicted molar refractivity (Wildman–Crippen MR) is 289 cm³/mol. The number of unbranched alkanes of at least 4 members (excludes halogenated alkanes) is 38. The summed E-state index contributed by atoms with van der Waals surface area (Å²) < 4.78 is 11.1.